The largest absolute Gasteiger partial charge is 0.394 e. The van der Waals surface area contributed by atoms with Crippen LogP contribution >= 0.6 is 0 Å². The Morgan fingerprint density at radius 3 is 1.01 bits per heavy atom. The summed E-state index contributed by atoms with van der Waals surface area (Å²) in [7, 11) is 0. The number of unbranched alkanes of at least 4 members (excludes halogenated alkanes) is 32. The number of amides is 1. The fourth-order valence-electron chi connectivity index (χ4n) is 13.5. The Hall–Kier alpha value is -3.81. The lowest BCUT2D eigenvalue weighted by molar-refractivity contribution is -0.379. The number of allylic oxidation sites excluding steroid dienone is 19. The van der Waals surface area contributed by atoms with Crippen LogP contribution < -0.4 is 5.32 Å². The number of aliphatic hydroxyl groups is 11. The molecule has 3 aliphatic rings. The first-order valence-corrected chi connectivity index (χ1v) is 42.3. The topological polar surface area (TPSA) is 307 Å². The lowest BCUT2D eigenvalue weighted by Gasteiger charge is -2.48. The van der Waals surface area contributed by atoms with Gasteiger partial charge in [-0.15, -0.1) is 0 Å². The van der Waals surface area contributed by atoms with Gasteiger partial charge in [-0.2, -0.15) is 0 Å². The zero-order valence-corrected chi connectivity index (χ0v) is 66.1. The molecular formula is C88H151NO18. The molecule has 0 bridgehead atoms. The molecule has 3 saturated heterocycles. The Morgan fingerprint density at radius 2 is 0.645 bits per heavy atom. The van der Waals surface area contributed by atoms with E-state index in [9.17, 15) is 61.0 Å². The second kappa shape index (κ2) is 66.8. The van der Waals surface area contributed by atoms with E-state index in [-0.39, 0.29) is 18.9 Å². The molecule has 0 aromatic heterocycles. The number of hydrogen-bond acceptors (Lipinski definition) is 18. The normalized spacial score (nSPS) is 26.2. The SMILES string of the molecule is CC/C=C\C/C=C\C/C=C\C/C=C\C/C=C\C/C=C\C/C=C\C/C=C\C/C=C\CCCCCCCCCCCCCC(=O)NC(COC1OC(CO)C(OC2OC(CO)C(OC3OC(CO)C(O)C(O)C3O)C(O)C2O)C(O)C1O)C(O)/C=C/CCCCCCCCCCCCCCCCCCCCCCC. The van der Waals surface area contributed by atoms with Crippen molar-refractivity contribution in [2.75, 3.05) is 26.4 Å². The third-order valence-corrected chi connectivity index (χ3v) is 20.3. The maximum atomic E-state index is 13.5. The first-order valence-electron chi connectivity index (χ1n) is 42.3. The van der Waals surface area contributed by atoms with Crippen LogP contribution in [0, 0.1) is 0 Å². The molecule has 0 spiro atoms. The molecular weight excluding hydrogens is 1360 g/mol. The molecule has 17 atom stereocenters. The number of ether oxygens (including phenoxy) is 6. The van der Waals surface area contributed by atoms with E-state index in [0.717, 1.165) is 116 Å². The minimum Gasteiger partial charge on any atom is -0.394 e. The maximum absolute atomic E-state index is 13.5. The fourth-order valence-corrected chi connectivity index (χ4v) is 13.5. The van der Waals surface area contributed by atoms with Gasteiger partial charge in [-0.25, -0.2) is 0 Å². The molecule has 3 aliphatic heterocycles. The minimum atomic E-state index is -1.98. The number of aliphatic hydroxyl groups excluding tert-OH is 11. The quantitative estimate of drug-likeness (QED) is 0.0199. The zero-order chi connectivity index (χ0) is 77.4. The van der Waals surface area contributed by atoms with Crippen LogP contribution in [0.3, 0.4) is 0 Å². The highest BCUT2D eigenvalue weighted by atomic mass is 16.8. The molecule has 0 aromatic rings. The van der Waals surface area contributed by atoms with Crippen molar-refractivity contribution in [3.05, 3.63) is 122 Å². The average Bonchev–Trinajstić information content (AvgIpc) is 0.781. The van der Waals surface area contributed by atoms with Crippen molar-refractivity contribution in [3.8, 4) is 0 Å². The lowest BCUT2D eigenvalue weighted by Crippen LogP contribution is -2.66. The summed E-state index contributed by atoms with van der Waals surface area (Å²) in [5, 5.41) is 121. The Morgan fingerprint density at radius 1 is 0.346 bits per heavy atom. The number of nitrogens with one attached hydrogen (secondary N) is 1. The molecule has 19 nitrogen and oxygen atoms in total. The van der Waals surface area contributed by atoms with Crippen LogP contribution in [0.25, 0.3) is 0 Å². The molecule has 1 amide bonds. The van der Waals surface area contributed by atoms with E-state index in [1.807, 2.05) is 6.08 Å². The molecule has 3 rings (SSSR count). The number of carbonyl (C=O) groups excluding carboxylic acids is 1. The van der Waals surface area contributed by atoms with Gasteiger partial charge in [0.2, 0.25) is 5.91 Å². The third kappa shape index (κ3) is 46.1. The highest BCUT2D eigenvalue weighted by Gasteiger charge is 2.54. The predicted octanol–water partition coefficient (Wildman–Crippen LogP) is 15.1. The van der Waals surface area contributed by atoms with Crippen molar-refractivity contribution in [2.24, 2.45) is 0 Å². The monoisotopic (exact) mass is 1510 g/mol. The summed E-state index contributed by atoms with van der Waals surface area (Å²) in [5.74, 6) is -0.280. The Kier molecular flexibility index (Phi) is 60.8. The van der Waals surface area contributed by atoms with Crippen LogP contribution in [0.4, 0.5) is 0 Å². The van der Waals surface area contributed by atoms with Gasteiger partial charge < -0.3 is 89.9 Å². The van der Waals surface area contributed by atoms with Crippen LogP contribution in [0.15, 0.2) is 122 Å². The average molecular weight is 1510 g/mol. The zero-order valence-electron chi connectivity index (χ0n) is 66.1. The molecule has 0 saturated carbocycles. The molecule has 107 heavy (non-hydrogen) atoms. The van der Waals surface area contributed by atoms with E-state index in [4.69, 9.17) is 28.4 Å². The van der Waals surface area contributed by atoms with Gasteiger partial charge in [-0.1, -0.05) is 322 Å². The first-order chi connectivity index (χ1) is 52.3. The van der Waals surface area contributed by atoms with Crippen molar-refractivity contribution in [1.82, 2.24) is 5.32 Å². The summed E-state index contributed by atoms with van der Waals surface area (Å²) in [4.78, 5) is 13.5. The number of carbonyl (C=O) groups is 1. The van der Waals surface area contributed by atoms with Gasteiger partial charge in [0.1, 0.15) is 73.2 Å². The fraction of sp³-hybridized carbons (Fsp3) is 0.761. The molecule has 616 valence electrons. The maximum Gasteiger partial charge on any atom is 0.220 e. The van der Waals surface area contributed by atoms with E-state index < -0.39 is 124 Å². The number of rotatable bonds is 66. The van der Waals surface area contributed by atoms with Crippen LogP contribution in [-0.4, -0.2) is 193 Å². The van der Waals surface area contributed by atoms with Gasteiger partial charge in [0.25, 0.3) is 0 Å². The van der Waals surface area contributed by atoms with E-state index >= 15 is 0 Å². The van der Waals surface area contributed by atoms with Gasteiger partial charge in [0, 0.05) is 6.42 Å². The second-order valence-electron chi connectivity index (χ2n) is 29.6. The van der Waals surface area contributed by atoms with Crippen molar-refractivity contribution in [1.29, 1.82) is 0 Å². The first kappa shape index (κ1) is 97.4. The summed E-state index contributed by atoms with van der Waals surface area (Å²) >= 11 is 0. The molecule has 17 unspecified atom stereocenters. The Balaban J connectivity index is 1.35. The summed E-state index contributed by atoms with van der Waals surface area (Å²) in [6.07, 6.45) is 67.5. The van der Waals surface area contributed by atoms with E-state index in [0.29, 0.717) is 6.42 Å². The van der Waals surface area contributed by atoms with Crippen molar-refractivity contribution < 1.29 is 89.4 Å². The van der Waals surface area contributed by atoms with Gasteiger partial charge in [0.15, 0.2) is 18.9 Å². The molecule has 0 radical (unpaired) electrons. The van der Waals surface area contributed by atoms with Crippen molar-refractivity contribution in [2.45, 2.75) is 401 Å². The van der Waals surface area contributed by atoms with Crippen LogP contribution in [0.5, 0.6) is 0 Å². The summed E-state index contributed by atoms with van der Waals surface area (Å²) in [5.41, 5.74) is 0. The highest BCUT2D eigenvalue weighted by Crippen LogP contribution is 2.33. The minimum absolute atomic E-state index is 0.233. The lowest BCUT2D eigenvalue weighted by atomic mass is 9.96. The Labute approximate surface area is 646 Å². The van der Waals surface area contributed by atoms with E-state index in [1.54, 1.807) is 6.08 Å². The third-order valence-electron chi connectivity index (χ3n) is 20.3. The highest BCUT2D eigenvalue weighted by molar-refractivity contribution is 5.76. The molecule has 0 aromatic carbocycles. The summed E-state index contributed by atoms with van der Waals surface area (Å²) in [6, 6.07) is -0.984. The standard InChI is InChI=1S/C88H151NO18/c1-3-5-7-9-11-13-15-17-19-21-23-25-27-28-29-30-31-32-33-34-35-36-37-38-39-40-41-42-44-46-48-50-52-54-56-58-60-62-64-66-76(94)89-71(72(93)65-63-61-59-57-55-53-51-49-47-45-43-26-24-22-20-18-16-14-12-10-8-6-4-2)70-102-86-82(100)79(97)84(74(68-91)104-86)107-88-83(101)80(98)85(75(69-92)105-88)106-87-81(99)78(96)77(95)73(67-90)103-87/h5,7,11,13,17,19,23,25,28-29,31-32,34-35,37-38,40-41,63,65,71-75,77-88,90-93,95-101H,3-4,6,8-10,12,14-16,18,20-22,24,26-27,30,33,36,39,42-62,64,66-70H2,1-2H3,(H,89,94)/b7-5-,13-11-,19-17-,25-23-,29-28-,32-31-,35-34-,38-37-,41-40-,65-63+. The van der Waals surface area contributed by atoms with E-state index in [2.05, 4.69) is 129 Å². The molecule has 12 N–H and O–H groups in total. The van der Waals surface area contributed by atoms with Crippen LogP contribution in [0.1, 0.15) is 296 Å². The predicted molar refractivity (Wildman–Crippen MR) is 429 cm³/mol. The van der Waals surface area contributed by atoms with Gasteiger partial charge in [0.05, 0.1) is 38.6 Å². The molecule has 3 fully saturated rings. The molecule has 0 aliphatic carbocycles. The summed E-state index contributed by atoms with van der Waals surface area (Å²) in [6.45, 7) is 1.64. The smallest absolute Gasteiger partial charge is 0.220 e. The number of hydrogen-bond donors (Lipinski definition) is 12. The molecule has 3 heterocycles. The van der Waals surface area contributed by atoms with Gasteiger partial charge in [-0.05, 0) is 89.9 Å². The summed E-state index contributed by atoms with van der Waals surface area (Å²) < 4.78 is 34.5. The van der Waals surface area contributed by atoms with Gasteiger partial charge >= 0.3 is 0 Å². The Bertz CT molecular complexity index is 2410. The molecule has 19 heteroatoms. The van der Waals surface area contributed by atoms with E-state index in [1.165, 1.54) is 154 Å². The van der Waals surface area contributed by atoms with Gasteiger partial charge in [-0.3, -0.25) is 4.79 Å². The van der Waals surface area contributed by atoms with Crippen LogP contribution in [-0.2, 0) is 33.2 Å². The van der Waals surface area contributed by atoms with Crippen molar-refractivity contribution >= 4 is 5.91 Å². The van der Waals surface area contributed by atoms with Crippen molar-refractivity contribution in [3.63, 3.8) is 0 Å². The second-order valence-corrected chi connectivity index (χ2v) is 29.6. The van der Waals surface area contributed by atoms with Crippen LogP contribution in [0.2, 0.25) is 0 Å².